The minimum Gasteiger partial charge on any atom is -0.387 e. The van der Waals surface area contributed by atoms with E-state index in [0.29, 0.717) is 0 Å². The molecule has 2 aliphatic rings. The number of amides is 1. The summed E-state index contributed by atoms with van der Waals surface area (Å²) in [7, 11) is 6.38. The molecule has 0 spiro atoms. The molecule has 0 saturated heterocycles. The SMILES string of the molecule is CN1C(Br)=CC(C(=O)NC2=CCNC=C2P)N1C. The highest BCUT2D eigenvalue weighted by Gasteiger charge is 2.31. The van der Waals surface area contributed by atoms with Crippen molar-refractivity contribution in [1.82, 2.24) is 20.7 Å². The standard InChI is InChI=1S/C11H16BrN4OP/c1-15-8(5-10(12)16(15)2)11(17)14-7-3-4-13-6-9(7)18/h3,5-6,8,13H,4,18H2,1-2H3,(H,14,17). The van der Waals surface area contributed by atoms with Crippen LogP contribution in [0.15, 0.2) is 34.0 Å². The van der Waals surface area contributed by atoms with Gasteiger partial charge in [-0.3, -0.25) is 4.79 Å². The Bertz CT molecular complexity index is 460. The number of dihydropyridines is 1. The first kappa shape index (κ1) is 13.6. The molecule has 18 heavy (non-hydrogen) atoms. The van der Waals surface area contributed by atoms with Crippen molar-refractivity contribution in [1.29, 1.82) is 0 Å². The first-order valence-corrected chi connectivity index (χ1v) is 6.92. The van der Waals surface area contributed by atoms with Crippen molar-refractivity contribution >= 4 is 31.1 Å². The molecule has 2 heterocycles. The fraction of sp³-hybridized carbons (Fsp3) is 0.364. The van der Waals surface area contributed by atoms with Gasteiger partial charge >= 0.3 is 0 Å². The Balaban J connectivity index is 2.05. The van der Waals surface area contributed by atoms with Crippen molar-refractivity contribution < 1.29 is 4.79 Å². The summed E-state index contributed by atoms with van der Waals surface area (Å²) in [4.78, 5) is 12.2. The second kappa shape index (κ2) is 5.43. The highest BCUT2D eigenvalue weighted by atomic mass is 79.9. The van der Waals surface area contributed by atoms with Gasteiger partial charge in [0.2, 0.25) is 5.91 Å². The molecular formula is C11H16BrN4OP. The predicted molar refractivity (Wildman–Crippen MR) is 78.3 cm³/mol. The van der Waals surface area contributed by atoms with Crippen LogP contribution in [0.1, 0.15) is 0 Å². The van der Waals surface area contributed by atoms with Crippen LogP contribution < -0.4 is 10.6 Å². The van der Waals surface area contributed by atoms with Crippen molar-refractivity contribution in [2.24, 2.45) is 0 Å². The predicted octanol–water partition coefficient (Wildman–Crippen LogP) is 0.703. The van der Waals surface area contributed by atoms with E-state index in [1.54, 1.807) is 0 Å². The van der Waals surface area contributed by atoms with Crippen molar-refractivity contribution in [3.05, 3.63) is 34.0 Å². The van der Waals surface area contributed by atoms with Gasteiger partial charge in [-0.25, -0.2) is 5.01 Å². The van der Waals surface area contributed by atoms with Crippen LogP contribution in [0.2, 0.25) is 0 Å². The second-order valence-electron chi connectivity index (χ2n) is 4.15. The summed E-state index contributed by atoms with van der Waals surface area (Å²) in [5.41, 5.74) is 0.844. The summed E-state index contributed by atoms with van der Waals surface area (Å²) < 4.78 is 0.895. The molecule has 5 nitrogen and oxygen atoms in total. The molecule has 0 saturated carbocycles. The summed E-state index contributed by atoms with van der Waals surface area (Å²) in [6.07, 6.45) is 5.71. The van der Waals surface area contributed by atoms with Crippen LogP contribution in [0, 0.1) is 0 Å². The zero-order valence-electron chi connectivity index (χ0n) is 10.3. The van der Waals surface area contributed by atoms with E-state index in [1.165, 1.54) is 0 Å². The molecule has 0 aromatic heterocycles. The molecule has 2 unspecified atom stereocenters. The van der Waals surface area contributed by atoms with Gasteiger partial charge in [0.15, 0.2) is 0 Å². The molecule has 2 rings (SSSR count). The molecule has 2 aliphatic heterocycles. The quantitative estimate of drug-likeness (QED) is 0.578. The Hall–Kier alpha value is -0.840. The van der Waals surface area contributed by atoms with Crippen molar-refractivity contribution in [2.75, 3.05) is 20.6 Å². The third-order valence-electron chi connectivity index (χ3n) is 3.00. The molecule has 2 atom stereocenters. The normalized spacial score (nSPS) is 24.1. The van der Waals surface area contributed by atoms with E-state index in [2.05, 4.69) is 35.8 Å². The van der Waals surface area contributed by atoms with Gasteiger partial charge in [0, 0.05) is 37.9 Å². The number of hydrogen-bond acceptors (Lipinski definition) is 4. The lowest BCUT2D eigenvalue weighted by Gasteiger charge is -2.27. The van der Waals surface area contributed by atoms with Crippen LogP contribution in [0.25, 0.3) is 0 Å². The van der Waals surface area contributed by atoms with Gasteiger partial charge in [-0.1, -0.05) is 0 Å². The lowest BCUT2D eigenvalue weighted by atomic mass is 10.2. The second-order valence-corrected chi connectivity index (χ2v) is 5.58. The Morgan fingerprint density at radius 2 is 2.33 bits per heavy atom. The first-order valence-electron chi connectivity index (χ1n) is 5.55. The van der Waals surface area contributed by atoms with Crippen LogP contribution in [0.5, 0.6) is 0 Å². The zero-order valence-corrected chi connectivity index (χ0v) is 13.0. The number of nitrogens with zero attached hydrogens (tertiary/aromatic N) is 2. The summed E-state index contributed by atoms with van der Waals surface area (Å²) in [6, 6.07) is -0.294. The van der Waals surface area contributed by atoms with Gasteiger partial charge in [-0.05, 0) is 28.1 Å². The van der Waals surface area contributed by atoms with Gasteiger partial charge in [-0.2, -0.15) is 0 Å². The minimum absolute atomic E-state index is 0.0414. The van der Waals surface area contributed by atoms with Gasteiger partial charge in [0.05, 0.1) is 4.61 Å². The molecule has 0 aromatic carbocycles. The van der Waals surface area contributed by atoms with Crippen LogP contribution >= 0.6 is 25.2 Å². The molecule has 0 aromatic rings. The zero-order chi connectivity index (χ0) is 13.3. The number of carbonyl (C=O) groups excluding carboxylic acids is 1. The topological polar surface area (TPSA) is 47.6 Å². The maximum absolute atomic E-state index is 12.2. The summed E-state index contributed by atoms with van der Waals surface area (Å²) in [5.74, 6) is -0.0414. The molecule has 7 heteroatoms. The third kappa shape index (κ3) is 2.60. The molecule has 1 amide bonds. The van der Waals surface area contributed by atoms with Gasteiger partial charge in [0.25, 0.3) is 0 Å². The van der Waals surface area contributed by atoms with Crippen molar-refractivity contribution in [2.45, 2.75) is 6.04 Å². The van der Waals surface area contributed by atoms with E-state index in [4.69, 9.17) is 0 Å². The van der Waals surface area contributed by atoms with Gasteiger partial charge in [0.1, 0.15) is 6.04 Å². The van der Waals surface area contributed by atoms with Crippen LogP contribution in [0.4, 0.5) is 0 Å². The third-order valence-corrected chi connectivity index (χ3v) is 4.25. The Morgan fingerprint density at radius 3 is 2.89 bits per heavy atom. The number of rotatable bonds is 2. The minimum atomic E-state index is -0.294. The van der Waals surface area contributed by atoms with E-state index in [9.17, 15) is 4.79 Å². The maximum atomic E-state index is 12.2. The largest absolute Gasteiger partial charge is 0.387 e. The molecule has 0 bridgehead atoms. The monoisotopic (exact) mass is 330 g/mol. The fourth-order valence-electron chi connectivity index (χ4n) is 1.78. The number of hydrazine groups is 1. The Labute approximate surface area is 117 Å². The van der Waals surface area contributed by atoms with E-state index in [1.807, 2.05) is 42.5 Å². The number of hydrogen-bond donors (Lipinski definition) is 2. The summed E-state index contributed by atoms with van der Waals surface area (Å²) in [6.45, 7) is 0.730. The number of halogens is 1. The molecule has 0 aliphatic carbocycles. The number of likely N-dealkylation sites (N-methyl/N-ethyl adjacent to an activating group) is 1. The van der Waals surface area contributed by atoms with E-state index in [0.717, 1.165) is 22.2 Å². The van der Waals surface area contributed by atoms with E-state index in [-0.39, 0.29) is 11.9 Å². The smallest absolute Gasteiger partial charge is 0.247 e. The highest BCUT2D eigenvalue weighted by molar-refractivity contribution is 9.11. The number of allylic oxidation sites excluding steroid dienone is 1. The fourth-order valence-corrected chi connectivity index (χ4v) is 2.59. The van der Waals surface area contributed by atoms with Crippen molar-refractivity contribution in [3.8, 4) is 0 Å². The van der Waals surface area contributed by atoms with Crippen LogP contribution in [-0.4, -0.2) is 42.6 Å². The lowest BCUT2D eigenvalue weighted by Crippen LogP contribution is -2.45. The molecule has 0 fully saturated rings. The maximum Gasteiger partial charge on any atom is 0.247 e. The Morgan fingerprint density at radius 1 is 1.61 bits per heavy atom. The molecule has 2 N–H and O–H groups in total. The van der Waals surface area contributed by atoms with E-state index < -0.39 is 0 Å². The average Bonchev–Trinajstić information content (AvgIpc) is 2.60. The molecule has 98 valence electrons. The number of carbonyl (C=O) groups is 1. The van der Waals surface area contributed by atoms with Crippen LogP contribution in [0.3, 0.4) is 0 Å². The summed E-state index contributed by atoms with van der Waals surface area (Å²) in [5, 5.41) is 10.7. The number of nitrogens with one attached hydrogen (secondary N) is 2. The summed E-state index contributed by atoms with van der Waals surface area (Å²) >= 11 is 3.42. The van der Waals surface area contributed by atoms with Crippen LogP contribution in [-0.2, 0) is 4.79 Å². The van der Waals surface area contributed by atoms with E-state index >= 15 is 0 Å². The molecular weight excluding hydrogens is 315 g/mol. The highest BCUT2D eigenvalue weighted by Crippen LogP contribution is 2.24. The lowest BCUT2D eigenvalue weighted by molar-refractivity contribution is -0.126. The first-order chi connectivity index (χ1) is 8.50. The molecule has 0 radical (unpaired) electrons. The Kier molecular flexibility index (Phi) is 4.10. The van der Waals surface area contributed by atoms with Crippen molar-refractivity contribution in [3.63, 3.8) is 0 Å². The van der Waals surface area contributed by atoms with Gasteiger partial charge < -0.3 is 15.6 Å². The van der Waals surface area contributed by atoms with Gasteiger partial charge in [-0.15, -0.1) is 9.24 Å². The average molecular weight is 331 g/mol.